The van der Waals surface area contributed by atoms with E-state index in [0.29, 0.717) is 5.69 Å². The number of carbonyl (C=O) groups excluding carboxylic acids is 2. The van der Waals surface area contributed by atoms with Crippen molar-refractivity contribution in [2.24, 2.45) is 5.92 Å². The summed E-state index contributed by atoms with van der Waals surface area (Å²) in [7, 11) is 0. The molecule has 0 bridgehead atoms. The van der Waals surface area contributed by atoms with Crippen molar-refractivity contribution in [3.05, 3.63) is 65.7 Å². The molecule has 2 aromatic rings. The standard InChI is InChI=1S/C18H18F2N2O2/c1-11(2)16(18(24)21-15-9-7-14(20)8-10-15)22-17(23)12-3-5-13(19)6-4-12/h3-11,16H,1-2H3,(H,21,24)(H,22,23). The van der Waals surface area contributed by atoms with Crippen LogP contribution in [0.3, 0.4) is 0 Å². The Balaban J connectivity index is 2.07. The Kier molecular flexibility index (Phi) is 5.63. The minimum Gasteiger partial charge on any atom is -0.340 e. The van der Waals surface area contributed by atoms with Gasteiger partial charge in [0.15, 0.2) is 0 Å². The zero-order valence-electron chi connectivity index (χ0n) is 13.3. The average molecular weight is 332 g/mol. The smallest absolute Gasteiger partial charge is 0.251 e. The third-order valence-corrected chi connectivity index (χ3v) is 3.45. The Morgan fingerprint density at radius 2 is 1.38 bits per heavy atom. The lowest BCUT2D eigenvalue weighted by molar-refractivity contribution is -0.118. The average Bonchev–Trinajstić information content (AvgIpc) is 2.54. The Bertz CT molecular complexity index is 713. The lowest BCUT2D eigenvalue weighted by Crippen LogP contribution is -2.47. The number of anilines is 1. The summed E-state index contributed by atoms with van der Waals surface area (Å²) < 4.78 is 25.8. The number of amides is 2. The van der Waals surface area contributed by atoms with E-state index in [2.05, 4.69) is 10.6 Å². The van der Waals surface area contributed by atoms with Crippen LogP contribution < -0.4 is 10.6 Å². The number of rotatable bonds is 5. The largest absolute Gasteiger partial charge is 0.340 e. The summed E-state index contributed by atoms with van der Waals surface area (Å²) in [5.41, 5.74) is 0.694. The molecule has 4 nitrogen and oxygen atoms in total. The van der Waals surface area contributed by atoms with Crippen molar-refractivity contribution in [3.8, 4) is 0 Å². The van der Waals surface area contributed by atoms with Gasteiger partial charge in [0.25, 0.3) is 5.91 Å². The molecule has 0 aromatic heterocycles. The van der Waals surface area contributed by atoms with Crippen LogP contribution >= 0.6 is 0 Å². The molecule has 0 aliphatic carbocycles. The number of benzene rings is 2. The van der Waals surface area contributed by atoms with Crippen LogP contribution in [0.5, 0.6) is 0 Å². The highest BCUT2D eigenvalue weighted by Gasteiger charge is 2.24. The molecule has 0 radical (unpaired) electrons. The van der Waals surface area contributed by atoms with Crippen molar-refractivity contribution in [3.63, 3.8) is 0 Å². The quantitative estimate of drug-likeness (QED) is 0.882. The first-order valence-electron chi connectivity index (χ1n) is 7.49. The van der Waals surface area contributed by atoms with Crippen LogP contribution in [-0.4, -0.2) is 17.9 Å². The molecule has 2 amide bonds. The zero-order chi connectivity index (χ0) is 17.7. The Hall–Kier alpha value is -2.76. The Labute approximate surface area is 138 Å². The maximum atomic E-state index is 12.9. The summed E-state index contributed by atoms with van der Waals surface area (Å²) in [6.45, 7) is 3.58. The molecule has 0 aliphatic rings. The Morgan fingerprint density at radius 3 is 1.88 bits per heavy atom. The summed E-state index contributed by atoms with van der Waals surface area (Å²) in [6.07, 6.45) is 0. The van der Waals surface area contributed by atoms with Gasteiger partial charge in [0.1, 0.15) is 17.7 Å². The fourth-order valence-corrected chi connectivity index (χ4v) is 2.11. The summed E-state index contributed by atoms with van der Waals surface area (Å²) >= 11 is 0. The first-order valence-corrected chi connectivity index (χ1v) is 7.49. The molecule has 1 atom stereocenters. The first kappa shape index (κ1) is 17.6. The molecule has 2 rings (SSSR count). The van der Waals surface area contributed by atoms with Gasteiger partial charge in [-0.3, -0.25) is 9.59 Å². The van der Waals surface area contributed by atoms with E-state index in [9.17, 15) is 18.4 Å². The highest BCUT2D eigenvalue weighted by molar-refractivity contribution is 6.01. The van der Waals surface area contributed by atoms with Gasteiger partial charge in [0.2, 0.25) is 5.91 Å². The van der Waals surface area contributed by atoms with Gasteiger partial charge in [-0.25, -0.2) is 8.78 Å². The second-order valence-electron chi connectivity index (χ2n) is 5.70. The number of carbonyl (C=O) groups is 2. The predicted octanol–water partition coefficient (Wildman–Crippen LogP) is 3.36. The van der Waals surface area contributed by atoms with Crippen LogP contribution in [0, 0.1) is 17.6 Å². The molecule has 2 aromatic carbocycles. The minimum atomic E-state index is -0.785. The van der Waals surface area contributed by atoms with Gasteiger partial charge in [-0.1, -0.05) is 13.8 Å². The molecular formula is C18H18F2N2O2. The second kappa shape index (κ2) is 7.68. The monoisotopic (exact) mass is 332 g/mol. The van der Waals surface area contributed by atoms with E-state index < -0.39 is 29.5 Å². The topological polar surface area (TPSA) is 58.2 Å². The van der Waals surface area contributed by atoms with Gasteiger partial charge in [0.05, 0.1) is 0 Å². The highest BCUT2D eigenvalue weighted by atomic mass is 19.1. The second-order valence-corrected chi connectivity index (χ2v) is 5.70. The molecule has 0 saturated carbocycles. The molecule has 0 heterocycles. The molecule has 2 N–H and O–H groups in total. The lowest BCUT2D eigenvalue weighted by Gasteiger charge is -2.21. The molecule has 0 aliphatic heterocycles. The van der Waals surface area contributed by atoms with E-state index in [1.807, 2.05) is 0 Å². The van der Waals surface area contributed by atoms with Gasteiger partial charge < -0.3 is 10.6 Å². The maximum absolute atomic E-state index is 12.9. The minimum absolute atomic E-state index is 0.171. The van der Waals surface area contributed by atoms with Crippen molar-refractivity contribution in [1.29, 1.82) is 0 Å². The molecule has 24 heavy (non-hydrogen) atoms. The summed E-state index contributed by atoms with van der Waals surface area (Å²) in [6, 6.07) is 9.61. The van der Waals surface area contributed by atoms with Crippen molar-refractivity contribution in [2.45, 2.75) is 19.9 Å². The van der Waals surface area contributed by atoms with E-state index in [-0.39, 0.29) is 11.5 Å². The van der Waals surface area contributed by atoms with E-state index in [1.54, 1.807) is 13.8 Å². The van der Waals surface area contributed by atoms with Gasteiger partial charge in [-0.2, -0.15) is 0 Å². The van der Waals surface area contributed by atoms with Gasteiger partial charge >= 0.3 is 0 Å². The van der Waals surface area contributed by atoms with Crippen LogP contribution in [0.25, 0.3) is 0 Å². The maximum Gasteiger partial charge on any atom is 0.251 e. The van der Waals surface area contributed by atoms with Gasteiger partial charge in [-0.05, 0) is 54.4 Å². The van der Waals surface area contributed by atoms with Crippen LogP contribution in [0.4, 0.5) is 14.5 Å². The van der Waals surface area contributed by atoms with Crippen LogP contribution in [0.15, 0.2) is 48.5 Å². The Morgan fingerprint density at radius 1 is 0.875 bits per heavy atom. The lowest BCUT2D eigenvalue weighted by atomic mass is 10.0. The zero-order valence-corrected chi connectivity index (χ0v) is 13.3. The molecule has 126 valence electrons. The number of hydrogen-bond donors (Lipinski definition) is 2. The summed E-state index contributed by atoms with van der Waals surface area (Å²) in [5, 5.41) is 5.27. The molecule has 1 unspecified atom stereocenters. The summed E-state index contributed by atoms with van der Waals surface area (Å²) in [4.78, 5) is 24.6. The van der Waals surface area contributed by atoms with Gasteiger partial charge in [0, 0.05) is 11.3 Å². The van der Waals surface area contributed by atoms with E-state index in [4.69, 9.17) is 0 Å². The summed E-state index contributed by atoms with van der Waals surface area (Å²) in [5.74, 6) is -1.90. The van der Waals surface area contributed by atoms with Crippen molar-refractivity contribution >= 4 is 17.5 Å². The van der Waals surface area contributed by atoms with E-state index in [1.165, 1.54) is 48.5 Å². The van der Waals surface area contributed by atoms with Crippen molar-refractivity contribution in [2.75, 3.05) is 5.32 Å². The third-order valence-electron chi connectivity index (χ3n) is 3.45. The van der Waals surface area contributed by atoms with Crippen LogP contribution in [-0.2, 0) is 4.79 Å². The van der Waals surface area contributed by atoms with Gasteiger partial charge in [-0.15, -0.1) is 0 Å². The normalized spacial score (nSPS) is 11.9. The fourth-order valence-electron chi connectivity index (χ4n) is 2.11. The SMILES string of the molecule is CC(C)C(NC(=O)c1ccc(F)cc1)C(=O)Nc1ccc(F)cc1. The first-order chi connectivity index (χ1) is 11.4. The molecule has 6 heteroatoms. The third kappa shape index (κ3) is 4.62. The van der Waals surface area contributed by atoms with Crippen LogP contribution in [0.2, 0.25) is 0 Å². The molecule has 0 saturated heterocycles. The van der Waals surface area contributed by atoms with Crippen LogP contribution in [0.1, 0.15) is 24.2 Å². The van der Waals surface area contributed by atoms with E-state index in [0.717, 1.165) is 0 Å². The number of halogens is 2. The number of nitrogens with one attached hydrogen (secondary N) is 2. The highest BCUT2D eigenvalue weighted by Crippen LogP contribution is 2.12. The van der Waals surface area contributed by atoms with E-state index >= 15 is 0 Å². The fraction of sp³-hybridized carbons (Fsp3) is 0.222. The number of hydrogen-bond acceptors (Lipinski definition) is 2. The molecule has 0 spiro atoms. The molecular weight excluding hydrogens is 314 g/mol. The predicted molar refractivity (Wildman–Crippen MR) is 87.5 cm³/mol. The molecule has 0 fully saturated rings. The van der Waals surface area contributed by atoms with Crippen molar-refractivity contribution in [1.82, 2.24) is 5.32 Å². The van der Waals surface area contributed by atoms with Crippen molar-refractivity contribution < 1.29 is 18.4 Å².